The van der Waals surface area contributed by atoms with Gasteiger partial charge >= 0.3 is 0 Å². The Balaban J connectivity index is 1.46. The smallest absolute Gasteiger partial charge is 0.123 e. The van der Waals surface area contributed by atoms with E-state index in [1.807, 2.05) is 36.3 Å². The van der Waals surface area contributed by atoms with Gasteiger partial charge in [-0.15, -0.1) is 0 Å². The van der Waals surface area contributed by atoms with Gasteiger partial charge in [-0.2, -0.15) is 0 Å². The van der Waals surface area contributed by atoms with Crippen molar-refractivity contribution in [3.8, 4) is 0 Å². The first-order valence-corrected chi connectivity index (χ1v) is 7.39. The highest BCUT2D eigenvalue weighted by molar-refractivity contribution is 5.47. The van der Waals surface area contributed by atoms with Crippen molar-refractivity contribution in [1.29, 1.82) is 0 Å². The molecule has 1 saturated heterocycles. The van der Waals surface area contributed by atoms with E-state index in [-0.39, 0.29) is 5.82 Å². The molecule has 21 heavy (non-hydrogen) atoms. The Labute approximate surface area is 124 Å². The Morgan fingerprint density at radius 2 is 2.14 bits per heavy atom. The largest absolute Gasteiger partial charge is 0.371 e. The molecule has 2 aromatic rings. The summed E-state index contributed by atoms with van der Waals surface area (Å²) in [5.41, 5.74) is 2.31. The van der Waals surface area contributed by atoms with Gasteiger partial charge in [-0.1, -0.05) is 0 Å². The van der Waals surface area contributed by atoms with Crippen molar-refractivity contribution in [2.75, 3.05) is 24.5 Å². The predicted molar refractivity (Wildman–Crippen MR) is 81.6 cm³/mol. The number of aryl methyl sites for hydroxylation is 1. The molecule has 1 aromatic heterocycles. The van der Waals surface area contributed by atoms with Crippen molar-refractivity contribution in [1.82, 2.24) is 14.9 Å². The van der Waals surface area contributed by atoms with Crippen LogP contribution in [-0.2, 0) is 13.6 Å². The standard InChI is InChI=1S/C16H21FN4/c1-20-12-19-10-16(20)9-18-8-13-6-7-21(11-13)15-4-2-14(17)3-5-15/h2-5,10,12-13,18H,6-9,11H2,1H3/t13-/m0/s1. The van der Waals surface area contributed by atoms with Crippen LogP contribution in [0.2, 0.25) is 0 Å². The van der Waals surface area contributed by atoms with Crippen LogP contribution in [0.5, 0.6) is 0 Å². The molecule has 2 heterocycles. The van der Waals surface area contributed by atoms with Gasteiger partial charge in [0.1, 0.15) is 5.82 Å². The average molecular weight is 288 g/mol. The summed E-state index contributed by atoms with van der Waals surface area (Å²) in [5.74, 6) is 0.468. The highest BCUT2D eigenvalue weighted by atomic mass is 19.1. The van der Waals surface area contributed by atoms with Crippen LogP contribution in [-0.4, -0.2) is 29.2 Å². The van der Waals surface area contributed by atoms with Crippen molar-refractivity contribution in [3.63, 3.8) is 0 Å². The molecule has 1 atom stereocenters. The van der Waals surface area contributed by atoms with Crippen molar-refractivity contribution in [2.24, 2.45) is 13.0 Å². The van der Waals surface area contributed by atoms with Crippen LogP contribution >= 0.6 is 0 Å². The number of hydrogen-bond donors (Lipinski definition) is 1. The van der Waals surface area contributed by atoms with E-state index in [4.69, 9.17) is 0 Å². The first-order valence-electron chi connectivity index (χ1n) is 7.39. The second kappa shape index (κ2) is 6.26. The van der Waals surface area contributed by atoms with Gasteiger partial charge < -0.3 is 14.8 Å². The summed E-state index contributed by atoms with van der Waals surface area (Å²) >= 11 is 0. The number of nitrogens with zero attached hydrogens (tertiary/aromatic N) is 3. The third-order valence-corrected chi connectivity index (χ3v) is 4.13. The van der Waals surface area contributed by atoms with Crippen LogP contribution in [0.3, 0.4) is 0 Å². The number of anilines is 1. The van der Waals surface area contributed by atoms with E-state index in [9.17, 15) is 4.39 Å². The monoisotopic (exact) mass is 288 g/mol. The van der Waals surface area contributed by atoms with E-state index in [1.165, 1.54) is 24.2 Å². The summed E-state index contributed by atoms with van der Waals surface area (Å²) < 4.78 is 15.0. The van der Waals surface area contributed by atoms with Crippen LogP contribution in [0.15, 0.2) is 36.8 Å². The molecular formula is C16H21FN4. The molecule has 0 spiro atoms. The SMILES string of the molecule is Cn1cncc1CNC[C@@H]1CCN(c2ccc(F)cc2)C1. The molecule has 3 rings (SSSR count). The van der Waals surface area contributed by atoms with Crippen LogP contribution in [0, 0.1) is 11.7 Å². The summed E-state index contributed by atoms with van der Waals surface area (Å²) in [6.45, 7) is 3.93. The fourth-order valence-electron chi connectivity index (χ4n) is 2.84. The molecule has 0 radical (unpaired) electrons. The maximum atomic E-state index is 12.9. The van der Waals surface area contributed by atoms with Gasteiger partial charge in [-0.3, -0.25) is 0 Å². The number of rotatable bonds is 5. The molecule has 0 amide bonds. The van der Waals surface area contributed by atoms with Gasteiger partial charge in [0.25, 0.3) is 0 Å². The van der Waals surface area contributed by atoms with E-state index in [2.05, 4.69) is 15.2 Å². The molecular weight excluding hydrogens is 267 g/mol. The van der Waals surface area contributed by atoms with Crippen molar-refractivity contribution >= 4 is 5.69 Å². The summed E-state index contributed by atoms with van der Waals surface area (Å²) in [4.78, 5) is 6.44. The van der Waals surface area contributed by atoms with Crippen molar-refractivity contribution in [2.45, 2.75) is 13.0 Å². The third-order valence-electron chi connectivity index (χ3n) is 4.13. The lowest BCUT2D eigenvalue weighted by Gasteiger charge is -2.18. The molecule has 112 valence electrons. The third kappa shape index (κ3) is 3.42. The van der Waals surface area contributed by atoms with Crippen LogP contribution in [0.1, 0.15) is 12.1 Å². The fourth-order valence-corrected chi connectivity index (χ4v) is 2.84. The minimum atomic E-state index is -0.174. The molecule has 1 N–H and O–H groups in total. The van der Waals surface area contributed by atoms with Gasteiger partial charge in [0.15, 0.2) is 0 Å². The zero-order valence-electron chi connectivity index (χ0n) is 12.3. The Morgan fingerprint density at radius 3 is 2.86 bits per heavy atom. The first kappa shape index (κ1) is 14.1. The Hall–Kier alpha value is -1.88. The second-order valence-electron chi connectivity index (χ2n) is 5.70. The van der Waals surface area contributed by atoms with Crippen LogP contribution < -0.4 is 10.2 Å². The van der Waals surface area contributed by atoms with E-state index < -0.39 is 0 Å². The number of halogens is 1. The average Bonchev–Trinajstić information content (AvgIpc) is 3.10. The molecule has 1 aliphatic heterocycles. The molecule has 0 bridgehead atoms. The highest BCUT2D eigenvalue weighted by Crippen LogP contribution is 2.23. The van der Waals surface area contributed by atoms with Crippen LogP contribution in [0.4, 0.5) is 10.1 Å². The maximum Gasteiger partial charge on any atom is 0.123 e. The zero-order valence-corrected chi connectivity index (χ0v) is 12.3. The molecule has 0 aliphatic carbocycles. The molecule has 5 heteroatoms. The lowest BCUT2D eigenvalue weighted by molar-refractivity contribution is 0.510. The lowest BCUT2D eigenvalue weighted by atomic mass is 10.1. The normalized spacial score (nSPS) is 18.4. The molecule has 1 aromatic carbocycles. The van der Waals surface area contributed by atoms with Gasteiger partial charge in [0, 0.05) is 45.1 Å². The molecule has 0 unspecified atom stereocenters. The van der Waals surface area contributed by atoms with Gasteiger partial charge in [0.05, 0.1) is 12.0 Å². The molecule has 0 saturated carbocycles. The van der Waals surface area contributed by atoms with Gasteiger partial charge in [-0.05, 0) is 36.6 Å². The van der Waals surface area contributed by atoms with Crippen molar-refractivity contribution in [3.05, 3.63) is 48.3 Å². The van der Waals surface area contributed by atoms with E-state index in [0.29, 0.717) is 5.92 Å². The Kier molecular flexibility index (Phi) is 4.20. The zero-order chi connectivity index (χ0) is 14.7. The van der Waals surface area contributed by atoms with Gasteiger partial charge in [0.2, 0.25) is 0 Å². The topological polar surface area (TPSA) is 33.1 Å². The minimum absolute atomic E-state index is 0.174. The lowest BCUT2D eigenvalue weighted by Crippen LogP contribution is -2.26. The number of nitrogens with one attached hydrogen (secondary N) is 1. The van der Waals surface area contributed by atoms with E-state index in [0.717, 1.165) is 31.9 Å². The highest BCUT2D eigenvalue weighted by Gasteiger charge is 2.22. The number of imidazole rings is 1. The quantitative estimate of drug-likeness (QED) is 0.915. The van der Waals surface area contributed by atoms with Crippen molar-refractivity contribution < 1.29 is 4.39 Å². The fraction of sp³-hybridized carbons (Fsp3) is 0.438. The number of hydrogen-bond acceptors (Lipinski definition) is 3. The van der Waals surface area contributed by atoms with Gasteiger partial charge in [-0.25, -0.2) is 9.37 Å². The number of aromatic nitrogens is 2. The Bertz CT molecular complexity index is 578. The first-order chi connectivity index (χ1) is 10.2. The second-order valence-corrected chi connectivity index (χ2v) is 5.70. The van der Waals surface area contributed by atoms with E-state index in [1.54, 1.807) is 0 Å². The molecule has 1 aliphatic rings. The summed E-state index contributed by atoms with van der Waals surface area (Å²) in [6.07, 6.45) is 4.89. The predicted octanol–water partition coefficient (Wildman–Crippen LogP) is 2.18. The number of benzene rings is 1. The summed E-state index contributed by atoms with van der Waals surface area (Å²) in [5, 5.41) is 3.50. The molecule has 4 nitrogen and oxygen atoms in total. The van der Waals surface area contributed by atoms with E-state index >= 15 is 0 Å². The summed E-state index contributed by atoms with van der Waals surface area (Å²) in [7, 11) is 2.01. The maximum absolute atomic E-state index is 12.9. The Morgan fingerprint density at radius 1 is 1.33 bits per heavy atom. The summed E-state index contributed by atoms with van der Waals surface area (Å²) in [6, 6.07) is 6.79. The minimum Gasteiger partial charge on any atom is -0.371 e. The molecule has 1 fully saturated rings. The van der Waals surface area contributed by atoms with Crippen LogP contribution in [0.25, 0.3) is 0 Å².